The van der Waals surface area contributed by atoms with Crippen LogP contribution in [0.1, 0.15) is 42.1 Å². The molecule has 0 aliphatic rings. The summed E-state index contributed by atoms with van der Waals surface area (Å²) in [5, 5.41) is 0.622. The Morgan fingerprint density at radius 3 is 1.88 bits per heavy atom. The first-order valence-electron chi connectivity index (χ1n) is 8.75. The second-order valence-corrected chi connectivity index (χ2v) is 6.59. The lowest BCUT2D eigenvalue weighted by molar-refractivity contribution is -0.149. The number of ether oxygens (including phenoxy) is 1. The fourth-order valence-electron chi connectivity index (χ4n) is 3.04. The fourth-order valence-corrected chi connectivity index (χ4v) is 3.24. The smallest absolute Gasteiger partial charge is 0.314 e. The Morgan fingerprint density at radius 1 is 0.846 bits per heavy atom. The highest BCUT2D eigenvalue weighted by Gasteiger charge is 2.25. The van der Waals surface area contributed by atoms with Crippen LogP contribution in [0.3, 0.4) is 0 Å². The zero-order valence-corrected chi connectivity index (χ0v) is 15.4. The molecule has 0 radical (unpaired) electrons. The summed E-state index contributed by atoms with van der Waals surface area (Å²) < 4.78 is 5.99. The molecule has 3 rings (SSSR count). The average Bonchev–Trinajstić information content (AvgIpc) is 2.68. The lowest BCUT2D eigenvalue weighted by Gasteiger charge is -2.22. The zero-order chi connectivity index (χ0) is 18.4. The summed E-state index contributed by atoms with van der Waals surface area (Å²) in [5.74, 6) is -0.587. The number of rotatable bonds is 6. The monoisotopic (exact) mass is 364 g/mol. The van der Waals surface area contributed by atoms with E-state index in [-0.39, 0.29) is 11.9 Å². The van der Waals surface area contributed by atoms with Crippen LogP contribution >= 0.6 is 11.6 Å². The molecule has 0 saturated heterocycles. The minimum absolute atomic E-state index is 0.243. The number of hydrogen-bond donors (Lipinski definition) is 0. The molecular formula is C23H21ClO2. The third-order valence-corrected chi connectivity index (χ3v) is 4.62. The van der Waals surface area contributed by atoms with Crippen LogP contribution in [0.5, 0.6) is 0 Å². The molecule has 132 valence electrons. The molecule has 0 spiro atoms. The van der Waals surface area contributed by atoms with Gasteiger partial charge in [0.2, 0.25) is 0 Å². The summed E-state index contributed by atoms with van der Waals surface area (Å²) in [6, 6.07) is 27.0. The van der Waals surface area contributed by atoms with E-state index in [9.17, 15) is 4.79 Å². The highest BCUT2D eigenvalue weighted by Crippen LogP contribution is 2.30. The lowest BCUT2D eigenvalue weighted by atomic mass is 9.96. The Kier molecular flexibility index (Phi) is 6.08. The van der Waals surface area contributed by atoms with Crippen molar-refractivity contribution >= 4 is 17.6 Å². The summed E-state index contributed by atoms with van der Waals surface area (Å²) in [7, 11) is 0. The van der Waals surface area contributed by atoms with Gasteiger partial charge in [0.05, 0.1) is 5.92 Å². The maximum absolute atomic E-state index is 13.0. The molecule has 3 aromatic rings. The number of hydrogen-bond acceptors (Lipinski definition) is 2. The highest BCUT2D eigenvalue weighted by atomic mass is 35.5. The fraction of sp³-hybridized carbons (Fsp3) is 0.174. The van der Waals surface area contributed by atoms with Crippen molar-refractivity contribution in [3.63, 3.8) is 0 Å². The normalized spacial score (nSPS) is 12.0. The van der Waals surface area contributed by atoms with Gasteiger partial charge < -0.3 is 4.74 Å². The highest BCUT2D eigenvalue weighted by molar-refractivity contribution is 6.30. The van der Waals surface area contributed by atoms with E-state index < -0.39 is 6.10 Å². The number of carbonyl (C=O) groups excluding carboxylic acids is 1. The van der Waals surface area contributed by atoms with Gasteiger partial charge in [0.25, 0.3) is 0 Å². The van der Waals surface area contributed by atoms with Gasteiger partial charge in [-0.15, -0.1) is 0 Å². The van der Waals surface area contributed by atoms with Crippen molar-refractivity contribution < 1.29 is 9.53 Å². The minimum atomic E-state index is -0.432. The third-order valence-electron chi connectivity index (χ3n) is 4.38. The van der Waals surface area contributed by atoms with Gasteiger partial charge >= 0.3 is 5.97 Å². The SMILES string of the molecule is CC[C@@H](C(=O)OC(c1ccccc1)c1ccccc1)c1cccc(Cl)c1. The van der Waals surface area contributed by atoms with Crippen LogP contribution in [-0.2, 0) is 9.53 Å². The van der Waals surface area contributed by atoms with Crippen molar-refractivity contribution in [2.24, 2.45) is 0 Å². The molecule has 0 unspecified atom stereocenters. The van der Waals surface area contributed by atoms with E-state index in [0.29, 0.717) is 11.4 Å². The standard InChI is InChI=1S/C23H21ClO2/c1-2-21(19-14-9-15-20(24)16-19)23(25)26-22(17-10-5-3-6-11-17)18-12-7-4-8-13-18/h3-16,21-22H,2H2,1H3/t21-/m1/s1. The largest absolute Gasteiger partial charge is 0.452 e. The van der Waals surface area contributed by atoms with E-state index in [0.717, 1.165) is 16.7 Å². The molecule has 0 amide bonds. The molecule has 3 aromatic carbocycles. The van der Waals surface area contributed by atoms with Crippen molar-refractivity contribution in [3.05, 3.63) is 107 Å². The molecule has 1 atom stereocenters. The summed E-state index contributed by atoms with van der Waals surface area (Å²) >= 11 is 6.10. The first kappa shape index (κ1) is 18.2. The Hall–Kier alpha value is -2.58. The lowest BCUT2D eigenvalue weighted by Crippen LogP contribution is -2.19. The van der Waals surface area contributed by atoms with Gasteiger partial charge in [0.1, 0.15) is 0 Å². The maximum atomic E-state index is 13.0. The first-order valence-corrected chi connectivity index (χ1v) is 9.12. The van der Waals surface area contributed by atoms with E-state index >= 15 is 0 Å². The zero-order valence-electron chi connectivity index (χ0n) is 14.6. The van der Waals surface area contributed by atoms with Crippen LogP contribution in [0.25, 0.3) is 0 Å². The molecule has 2 nitrogen and oxygen atoms in total. The molecule has 3 heteroatoms. The van der Waals surface area contributed by atoms with Crippen LogP contribution in [0.4, 0.5) is 0 Å². The first-order chi connectivity index (χ1) is 12.7. The van der Waals surface area contributed by atoms with Gasteiger partial charge in [-0.3, -0.25) is 4.79 Å². The van der Waals surface area contributed by atoms with E-state index in [1.54, 1.807) is 6.07 Å². The number of benzene rings is 3. The summed E-state index contributed by atoms with van der Waals surface area (Å²) in [6.45, 7) is 1.98. The van der Waals surface area contributed by atoms with E-state index in [1.165, 1.54) is 0 Å². The van der Waals surface area contributed by atoms with Gasteiger partial charge in [0, 0.05) is 5.02 Å². The number of carbonyl (C=O) groups is 1. The van der Waals surface area contributed by atoms with Crippen LogP contribution in [-0.4, -0.2) is 5.97 Å². The Labute approximate surface area is 159 Å². The molecule has 0 N–H and O–H groups in total. The van der Waals surface area contributed by atoms with Crippen molar-refractivity contribution in [2.45, 2.75) is 25.4 Å². The molecule has 0 aliphatic carbocycles. The van der Waals surface area contributed by atoms with Crippen LogP contribution in [0.2, 0.25) is 5.02 Å². The van der Waals surface area contributed by atoms with Gasteiger partial charge in [-0.1, -0.05) is 91.3 Å². The van der Waals surface area contributed by atoms with Gasteiger partial charge in [-0.25, -0.2) is 0 Å². The van der Waals surface area contributed by atoms with E-state index in [2.05, 4.69) is 0 Å². The van der Waals surface area contributed by atoms with Gasteiger partial charge in [0.15, 0.2) is 6.10 Å². The molecule has 26 heavy (non-hydrogen) atoms. The molecule has 0 saturated carbocycles. The number of halogens is 1. The molecule has 0 aliphatic heterocycles. The predicted octanol–water partition coefficient (Wildman–Crippen LogP) is 6.17. The third kappa shape index (κ3) is 4.33. The predicted molar refractivity (Wildman–Crippen MR) is 105 cm³/mol. The Bertz CT molecular complexity index is 807. The summed E-state index contributed by atoms with van der Waals surface area (Å²) in [4.78, 5) is 13.0. The van der Waals surface area contributed by atoms with Gasteiger partial charge in [-0.05, 0) is 35.2 Å². The maximum Gasteiger partial charge on any atom is 0.314 e. The average molecular weight is 365 g/mol. The van der Waals surface area contributed by atoms with Crippen molar-refractivity contribution in [1.29, 1.82) is 0 Å². The number of esters is 1. The van der Waals surface area contributed by atoms with E-state index in [4.69, 9.17) is 16.3 Å². The van der Waals surface area contributed by atoms with E-state index in [1.807, 2.05) is 85.8 Å². The molecular weight excluding hydrogens is 344 g/mol. The molecule has 0 bridgehead atoms. The van der Waals surface area contributed by atoms with Crippen molar-refractivity contribution in [2.75, 3.05) is 0 Å². The molecule has 0 heterocycles. The second kappa shape index (κ2) is 8.68. The van der Waals surface area contributed by atoms with Crippen molar-refractivity contribution in [3.8, 4) is 0 Å². The van der Waals surface area contributed by atoms with Crippen LogP contribution in [0.15, 0.2) is 84.9 Å². The quantitative estimate of drug-likeness (QED) is 0.489. The Balaban J connectivity index is 1.89. The summed E-state index contributed by atoms with van der Waals surface area (Å²) in [6.07, 6.45) is 0.216. The van der Waals surface area contributed by atoms with Crippen LogP contribution < -0.4 is 0 Å². The van der Waals surface area contributed by atoms with Gasteiger partial charge in [-0.2, -0.15) is 0 Å². The van der Waals surface area contributed by atoms with Crippen LogP contribution in [0, 0.1) is 0 Å². The minimum Gasteiger partial charge on any atom is -0.452 e. The Morgan fingerprint density at radius 2 is 1.38 bits per heavy atom. The second-order valence-electron chi connectivity index (χ2n) is 6.15. The topological polar surface area (TPSA) is 26.3 Å². The molecule has 0 aromatic heterocycles. The van der Waals surface area contributed by atoms with Crippen molar-refractivity contribution in [1.82, 2.24) is 0 Å². The summed E-state index contributed by atoms with van der Waals surface area (Å²) in [5.41, 5.74) is 2.78. The molecule has 0 fully saturated rings.